The molecule has 1 rings (SSSR count). The van der Waals surface area contributed by atoms with Crippen molar-refractivity contribution in [2.75, 3.05) is 13.7 Å². The van der Waals surface area contributed by atoms with E-state index in [4.69, 9.17) is 15.2 Å². The molecule has 5 nitrogen and oxygen atoms in total. The van der Waals surface area contributed by atoms with E-state index in [-0.39, 0.29) is 6.10 Å². The van der Waals surface area contributed by atoms with Crippen molar-refractivity contribution in [3.05, 3.63) is 28.5 Å². The summed E-state index contributed by atoms with van der Waals surface area (Å²) < 4.78 is 10.6. The monoisotopic (exact) mass is 288 g/mol. The molecule has 1 heterocycles. The van der Waals surface area contributed by atoms with Gasteiger partial charge in [-0.3, -0.25) is 0 Å². The van der Waals surface area contributed by atoms with Crippen LogP contribution in [0.1, 0.15) is 5.56 Å². The summed E-state index contributed by atoms with van der Waals surface area (Å²) in [7, 11) is 1.54. The fourth-order valence-electron chi connectivity index (χ4n) is 1.27. The number of nitrogens with two attached hydrogens (primary N) is 1. The lowest BCUT2D eigenvalue weighted by molar-refractivity contribution is 0.0442. The second-order valence-electron chi connectivity index (χ2n) is 3.21. The molecule has 1 atom stereocenters. The first-order valence-electron chi connectivity index (χ1n) is 4.67. The molecule has 0 saturated carbocycles. The largest absolute Gasteiger partial charge is 0.444 e. The Bertz CT molecular complexity index is 342. The lowest BCUT2D eigenvalue weighted by Gasteiger charge is -2.15. The van der Waals surface area contributed by atoms with Crippen molar-refractivity contribution in [2.24, 2.45) is 5.73 Å². The number of carbonyl (C=O) groups is 1. The molecule has 0 fully saturated rings. The number of aromatic nitrogens is 1. The molecule has 0 radical (unpaired) electrons. The van der Waals surface area contributed by atoms with Crippen molar-refractivity contribution in [3.8, 4) is 0 Å². The van der Waals surface area contributed by atoms with E-state index in [9.17, 15) is 4.79 Å². The summed E-state index contributed by atoms with van der Waals surface area (Å²) in [6.45, 7) is 0.305. The molecule has 0 aliphatic rings. The Morgan fingerprint density at radius 1 is 1.62 bits per heavy atom. The van der Waals surface area contributed by atoms with Crippen molar-refractivity contribution in [2.45, 2.75) is 12.5 Å². The minimum absolute atomic E-state index is 0.305. The average Bonchev–Trinajstić information content (AvgIpc) is 2.21. The molecule has 0 spiro atoms. The van der Waals surface area contributed by atoms with Crippen LogP contribution in [0.5, 0.6) is 0 Å². The van der Waals surface area contributed by atoms with E-state index in [0.29, 0.717) is 13.0 Å². The van der Waals surface area contributed by atoms with E-state index >= 15 is 0 Å². The lowest BCUT2D eigenvalue weighted by atomic mass is 10.1. The highest BCUT2D eigenvalue weighted by Gasteiger charge is 2.13. The Morgan fingerprint density at radius 2 is 2.38 bits per heavy atom. The molecular weight excluding hydrogens is 276 g/mol. The maximum atomic E-state index is 10.7. The molecule has 0 aliphatic heterocycles. The van der Waals surface area contributed by atoms with Gasteiger partial charge in [0.25, 0.3) is 0 Å². The number of hydrogen-bond donors (Lipinski definition) is 1. The lowest BCUT2D eigenvalue weighted by Crippen LogP contribution is -2.28. The fraction of sp³-hybridized carbons (Fsp3) is 0.400. The highest BCUT2D eigenvalue weighted by atomic mass is 79.9. The zero-order valence-corrected chi connectivity index (χ0v) is 10.4. The van der Waals surface area contributed by atoms with Crippen LogP contribution >= 0.6 is 15.9 Å². The van der Waals surface area contributed by atoms with Gasteiger partial charge in [0.05, 0.1) is 6.61 Å². The number of halogens is 1. The van der Waals surface area contributed by atoms with Crippen molar-refractivity contribution >= 4 is 22.0 Å². The van der Waals surface area contributed by atoms with E-state index < -0.39 is 6.09 Å². The molecule has 0 aromatic carbocycles. The second-order valence-corrected chi connectivity index (χ2v) is 4.02. The molecule has 0 bridgehead atoms. The maximum Gasteiger partial charge on any atom is 0.404 e. The molecule has 88 valence electrons. The molecule has 0 saturated heterocycles. The fourth-order valence-corrected chi connectivity index (χ4v) is 1.51. The van der Waals surface area contributed by atoms with E-state index in [0.717, 1.165) is 10.2 Å². The first-order chi connectivity index (χ1) is 7.61. The number of nitrogens with zero attached hydrogens (tertiary/aromatic N) is 1. The average molecular weight is 289 g/mol. The molecule has 1 unspecified atom stereocenters. The Morgan fingerprint density at radius 3 is 2.88 bits per heavy atom. The van der Waals surface area contributed by atoms with Gasteiger partial charge in [0.1, 0.15) is 10.7 Å². The second kappa shape index (κ2) is 6.44. The van der Waals surface area contributed by atoms with Crippen molar-refractivity contribution in [3.63, 3.8) is 0 Å². The quantitative estimate of drug-likeness (QED) is 0.833. The van der Waals surface area contributed by atoms with Gasteiger partial charge in [-0.2, -0.15) is 0 Å². The smallest absolute Gasteiger partial charge is 0.404 e. The van der Waals surface area contributed by atoms with Gasteiger partial charge in [-0.25, -0.2) is 9.78 Å². The molecule has 0 aliphatic carbocycles. The minimum Gasteiger partial charge on any atom is -0.444 e. The molecule has 2 N–H and O–H groups in total. The SMILES string of the molecule is COCC(Cc1ccc(Br)nc1)OC(N)=O. The first-order valence-corrected chi connectivity index (χ1v) is 5.46. The Kier molecular flexibility index (Phi) is 5.21. The molecule has 6 heteroatoms. The number of pyridine rings is 1. The first kappa shape index (κ1) is 12.9. The predicted molar refractivity (Wildman–Crippen MR) is 62.0 cm³/mol. The van der Waals surface area contributed by atoms with Gasteiger partial charge in [-0.1, -0.05) is 6.07 Å². The number of carbonyl (C=O) groups excluding carboxylic acids is 1. The van der Waals surface area contributed by atoms with Gasteiger partial charge >= 0.3 is 6.09 Å². The summed E-state index contributed by atoms with van der Waals surface area (Å²) >= 11 is 3.24. The van der Waals surface area contributed by atoms with Crippen LogP contribution in [0.15, 0.2) is 22.9 Å². The van der Waals surface area contributed by atoms with E-state index in [1.807, 2.05) is 12.1 Å². The Hall–Kier alpha value is -1.14. The molecule has 1 aromatic heterocycles. The van der Waals surface area contributed by atoms with E-state index in [2.05, 4.69) is 20.9 Å². The third kappa shape index (κ3) is 4.59. The van der Waals surface area contributed by atoms with E-state index in [1.54, 1.807) is 6.20 Å². The van der Waals surface area contributed by atoms with Crippen molar-refractivity contribution in [1.82, 2.24) is 4.98 Å². The van der Waals surface area contributed by atoms with Gasteiger partial charge < -0.3 is 15.2 Å². The molecule has 1 amide bonds. The molecular formula is C10H13BrN2O3. The Balaban J connectivity index is 2.59. The number of amides is 1. The third-order valence-electron chi connectivity index (χ3n) is 1.89. The molecule has 16 heavy (non-hydrogen) atoms. The van der Waals surface area contributed by atoms with E-state index in [1.165, 1.54) is 7.11 Å². The number of rotatable bonds is 5. The molecule has 1 aromatic rings. The summed E-state index contributed by atoms with van der Waals surface area (Å²) in [4.78, 5) is 14.7. The van der Waals surface area contributed by atoms with Crippen LogP contribution in [-0.4, -0.2) is 30.9 Å². The van der Waals surface area contributed by atoms with Crippen LogP contribution in [0.25, 0.3) is 0 Å². The third-order valence-corrected chi connectivity index (χ3v) is 2.36. The number of methoxy groups -OCH3 is 1. The van der Waals surface area contributed by atoms with Gasteiger partial charge in [0.15, 0.2) is 0 Å². The predicted octanol–water partition coefficient (Wildman–Crippen LogP) is 1.50. The van der Waals surface area contributed by atoms with Crippen LogP contribution in [-0.2, 0) is 15.9 Å². The summed E-state index contributed by atoms with van der Waals surface area (Å²) in [5.41, 5.74) is 5.91. The topological polar surface area (TPSA) is 74.4 Å². The van der Waals surface area contributed by atoms with Crippen LogP contribution in [0, 0.1) is 0 Å². The van der Waals surface area contributed by atoms with Crippen LogP contribution in [0.3, 0.4) is 0 Å². The van der Waals surface area contributed by atoms with Gasteiger partial charge in [-0.15, -0.1) is 0 Å². The van der Waals surface area contributed by atoms with Crippen molar-refractivity contribution < 1.29 is 14.3 Å². The normalized spacial score (nSPS) is 12.1. The van der Waals surface area contributed by atoms with Crippen LogP contribution in [0.4, 0.5) is 4.79 Å². The Labute approximate surface area is 102 Å². The van der Waals surface area contributed by atoms with Gasteiger partial charge in [-0.05, 0) is 27.6 Å². The summed E-state index contributed by atoms with van der Waals surface area (Å²) in [6, 6.07) is 3.72. The zero-order valence-electron chi connectivity index (χ0n) is 8.85. The van der Waals surface area contributed by atoms with Crippen molar-refractivity contribution in [1.29, 1.82) is 0 Å². The summed E-state index contributed by atoms with van der Waals surface area (Å²) in [6.07, 6.45) is 1.05. The summed E-state index contributed by atoms with van der Waals surface area (Å²) in [5.74, 6) is 0. The van der Waals surface area contributed by atoms with Gasteiger partial charge in [0.2, 0.25) is 0 Å². The van der Waals surface area contributed by atoms with Crippen LogP contribution < -0.4 is 5.73 Å². The number of ether oxygens (including phenoxy) is 2. The number of primary amides is 1. The maximum absolute atomic E-state index is 10.7. The highest BCUT2D eigenvalue weighted by molar-refractivity contribution is 9.10. The number of hydrogen-bond acceptors (Lipinski definition) is 4. The minimum atomic E-state index is -0.799. The zero-order chi connectivity index (χ0) is 12.0. The van der Waals surface area contributed by atoms with Crippen LogP contribution in [0.2, 0.25) is 0 Å². The highest BCUT2D eigenvalue weighted by Crippen LogP contribution is 2.10. The van der Waals surface area contributed by atoms with Gasteiger partial charge in [0, 0.05) is 19.7 Å². The standard InChI is InChI=1S/C10H13BrN2O3/c1-15-6-8(16-10(12)14)4-7-2-3-9(11)13-5-7/h2-3,5,8H,4,6H2,1H3,(H2,12,14). The summed E-state index contributed by atoms with van der Waals surface area (Å²) in [5, 5.41) is 0.